The molecule has 1 saturated carbocycles. The molecule has 1 N–H and O–H groups in total. The highest BCUT2D eigenvalue weighted by molar-refractivity contribution is 6.30. The summed E-state index contributed by atoms with van der Waals surface area (Å²) in [6.07, 6.45) is 3.72. The van der Waals surface area contributed by atoms with Gasteiger partial charge in [-0.15, -0.1) is 0 Å². The van der Waals surface area contributed by atoms with Gasteiger partial charge in [-0.1, -0.05) is 11.6 Å². The van der Waals surface area contributed by atoms with Crippen LogP contribution in [-0.4, -0.2) is 10.9 Å². The number of ether oxygens (including phenoxy) is 1. The second-order valence-electron chi connectivity index (χ2n) is 5.42. The van der Waals surface area contributed by atoms with Gasteiger partial charge in [-0.2, -0.15) is 0 Å². The molecule has 21 heavy (non-hydrogen) atoms. The third kappa shape index (κ3) is 2.36. The van der Waals surface area contributed by atoms with E-state index in [-0.39, 0.29) is 11.8 Å². The van der Waals surface area contributed by atoms with Crippen molar-refractivity contribution in [2.24, 2.45) is 5.92 Å². The normalized spacial score (nSPS) is 15.7. The lowest BCUT2D eigenvalue weighted by Crippen LogP contribution is -2.15. The molecule has 0 atom stereocenters. The van der Waals surface area contributed by atoms with Crippen molar-refractivity contribution >= 4 is 23.3 Å². The van der Waals surface area contributed by atoms with E-state index in [4.69, 9.17) is 16.3 Å². The summed E-state index contributed by atoms with van der Waals surface area (Å²) in [7, 11) is 0. The Balaban J connectivity index is 1.71. The van der Waals surface area contributed by atoms with E-state index in [0.29, 0.717) is 17.4 Å². The number of hydrogen-bond acceptors (Lipinski definition) is 3. The highest BCUT2D eigenvalue weighted by Gasteiger charge is 2.30. The van der Waals surface area contributed by atoms with Crippen molar-refractivity contribution < 1.29 is 9.53 Å². The fourth-order valence-electron chi connectivity index (χ4n) is 2.49. The summed E-state index contributed by atoms with van der Waals surface area (Å²) >= 11 is 6.00. The molecule has 0 spiro atoms. The zero-order chi connectivity index (χ0) is 14.4. The summed E-state index contributed by atoms with van der Waals surface area (Å²) in [5.41, 5.74) is 3.02. The Morgan fingerprint density at radius 2 is 2.14 bits per heavy atom. The summed E-state index contributed by atoms with van der Waals surface area (Å²) in [5.74, 6) is 1.58. The molecule has 0 saturated heterocycles. The number of rotatable bonds is 2. The Hall–Kier alpha value is -2.07. The molecule has 1 aromatic heterocycles. The molecule has 0 bridgehead atoms. The molecule has 1 aliphatic heterocycles. The molecule has 4 rings (SSSR count). The van der Waals surface area contributed by atoms with E-state index < -0.39 is 0 Å². The predicted molar refractivity (Wildman–Crippen MR) is 80.4 cm³/mol. The van der Waals surface area contributed by atoms with Gasteiger partial charge in [-0.05, 0) is 42.7 Å². The second kappa shape index (κ2) is 4.74. The van der Waals surface area contributed by atoms with Crippen LogP contribution in [0.25, 0.3) is 11.1 Å². The Morgan fingerprint density at radius 3 is 2.95 bits per heavy atom. The van der Waals surface area contributed by atoms with Gasteiger partial charge in [0.15, 0.2) is 0 Å². The van der Waals surface area contributed by atoms with Crippen molar-refractivity contribution in [1.29, 1.82) is 0 Å². The second-order valence-corrected chi connectivity index (χ2v) is 5.86. The van der Waals surface area contributed by atoms with E-state index in [1.54, 1.807) is 6.20 Å². The van der Waals surface area contributed by atoms with Gasteiger partial charge in [0.1, 0.15) is 18.2 Å². The van der Waals surface area contributed by atoms with E-state index >= 15 is 0 Å². The van der Waals surface area contributed by atoms with Crippen molar-refractivity contribution in [3.8, 4) is 16.9 Å². The number of benzene rings is 1. The summed E-state index contributed by atoms with van der Waals surface area (Å²) < 4.78 is 5.69. The van der Waals surface area contributed by atoms with E-state index in [0.717, 1.165) is 35.3 Å². The first-order valence-corrected chi connectivity index (χ1v) is 7.31. The lowest BCUT2D eigenvalue weighted by atomic mass is 9.99. The zero-order valence-corrected chi connectivity index (χ0v) is 12.0. The lowest BCUT2D eigenvalue weighted by Gasteiger charge is -2.21. The van der Waals surface area contributed by atoms with E-state index in [1.165, 1.54) is 0 Å². The van der Waals surface area contributed by atoms with E-state index in [9.17, 15) is 4.79 Å². The number of nitrogens with one attached hydrogen (secondary N) is 1. The predicted octanol–water partition coefficient (Wildman–Crippen LogP) is 3.64. The molecule has 0 radical (unpaired) electrons. The maximum atomic E-state index is 11.8. The number of carbonyl (C=O) groups excluding carboxylic acids is 1. The van der Waals surface area contributed by atoms with Crippen molar-refractivity contribution in [1.82, 2.24) is 4.98 Å². The van der Waals surface area contributed by atoms with Crippen LogP contribution in [0, 0.1) is 5.92 Å². The first-order chi connectivity index (χ1) is 10.2. The SMILES string of the molecule is O=C(Nc1cc2c(cn1)COc1cc(Cl)ccc1-2)C1CC1. The van der Waals surface area contributed by atoms with Gasteiger partial charge >= 0.3 is 0 Å². The highest BCUT2D eigenvalue weighted by Crippen LogP contribution is 2.39. The molecule has 2 heterocycles. The molecule has 2 aromatic rings. The zero-order valence-electron chi connectivity index (χ0n) is 11.2. The summed E-state index contributed by atoms with van der Waals surface area (Å²) in [5, 5.41) is 3.53. The number of aromatic nitrogens is 1. The standard InChI is InChI=1S/C16H13ClN2O2/c17-11-3-4-12-13-6-15(19-16(20)9-1-2-9)18-7-10(13)8-21-14(12)5-11/h3-7,9H,1-2,8H2,(H,18,19,20). The van der Waals surface area contributed by atoms with Crippen LogP contribution in [0.3, 0.4) is 0 Å². The third-order valence-electron chi connectivity index (χ3n) is 3.80. The molecule has 106 valence electrons. The van der Waals surface area contributed by atoms with E-state index in [2.05, 4.69) is 10.3 Å². The van der Waals surface area contributed by atoms with Crippen molar-refractivity contribution in [2.45, 2.75) is 19.4 Å². The number of pyridine rings is 1. The maximum absolute atomic E-state index is 11.8. The van der Waals surface area contributed by atoms with Gasteiger partial charge in [0.2, 0.25) is 5.91 Å². The Labute approximate surface area is 127 Å². The molecule has 2 aliphatic rings. The van der Waals surface area contributed by atoms with Crippen LogP contribution in [0.2, 0.25) is 5.02 Å². The molecule has 0 unspecified atom stereocenters. The van der Waals surface area contributed by atoms with Crippen LogP contribution in [0.4, 0.5) is 5.82 Å². The van der Waals surface area contributed by atoms with Gasteiger partial charge in [-0.3, -0.25) is 4.79 Å². The molecule has 1 amide bonds. The Kier molecular flexibility index (Phi) is 2.86. The molecule has 1 fully saturated rings. The lowest BCUT2D eigenvalue weighted by molar-refractivity contribution is -0.117. The molecular formula is C16H13ClN2O2. The Morgan fingerprint density at radius 1 is 1.29 bits per heavy atom. The fraction of sp³-hybridized carbons (Fsp3) is 0.250. The van der Waals surface area contributed by atoms with Crippen LogP contribution in [-0.2, 0) is 11.4 Å². The van der Waals surface area contributed by atoms with Crippen LogP contribution in [0.1, 0.15) is 18.4 Å². The minimum absolute atomic E-state index is 0.0610. The molecule has 4 nitrogen and oxygen atoms in total. The van der Waals surface area contributed by atoms with Gasteiger partial charge in [0.25, 0.3) is 0 Å². The number of anilines is 1. The summed E-state index contributed by atoms with van der Waals surface area (Å²) in [4.78, 5) is 16.1. The molecular weight excluding hydrogens is 288 g/mol. The number of carbonyl (C=O) groups is 1. The largest absolute Gasteiger partial charge is 0.488 e. The molecule has 1 aromatic carbocycles. The summed E-state index contributed by atoms with van der Waals surface area (Å²) in [6, 6.07) is 7.48. The van der Waals surface area contributed by atoms with Gasteiger partial charge in [0, 0.05) is 28.3 Å². The average Bonchev–Trinajstić information content (AvgIpc) is 3.31. The number of amides is 1. The number of fused-ring (bicyclic) bond motifs is 3. The quantitative estimate of drug-likeness (QED) is 0.921. The third-order valence-corrected chi connectivity index (χ3v) is 4.04. The monoisotopic (exact) mass is 300 g/mol. The van der Waals surface area contributed by atoms with Crippen molar-refractivity contribution in [3.63, 3.8) is 0 Å². The van der Waals surface area contributed by atoms with Crippen LogP contribution < -0.4 is 10.1 Å². The van der Waals surface area contributed by atoms with Gasteiger partial charge in [0.05, 0.1) is 0 Å². The number of hydrogen-bond donors (Lipinski definition) is 1. The minimum Gasteiger partial charge on any atom is -0.488 e. The minimum atomic E-state index is 0.0610. The fourth-order valence-corrected chi connectivity index (χ4v) is 2.65. The first-order valence-electron chi connectivity index (χ1n) is 6.93. The topological polar surface area (TPSA) is 51.2 Å². The van der Waals surface area contributed by atoms with Crippen molar-refractivity contribution in [3.05, 3.63) is 41.0 Å². The van der Waals surface area contributed by atoms with Crippen LogP contribution in [0.15, 0.2) is 30.5 Å². The van der Waals surface area contributed by atoms with Crippen molar-refractivity contribution in [2.75, 3.05) is 5.32 Å². The number of halogens is 1. The van der Waals surface area contributed by atoms with Gasteiger partial charge in [-0.25, -0.2) is 4.98 Å². The van der Waals surface area contributed by atoms with E-state index in [1.807, 2.05) is 24.3 Å². The van der Waals surface area contributed by atoms with Crippen LogP contribution in [0.5, 0.6) is 5.75 Å². The highest BCUT2D eigenvalue weighted by atomic mass is 35.5. The first kappa shape index (κ1) is 12.7. The average molecular weight is 301 g/mol. The molecule has 5 heteroatoms. The Bertz CT molecular complexity index is 741. The molecule has 1 aliphatic carbocycles. The maximum Gasteiger partial charge on any atom is 0.228 e. The van der Waals surface area contributed by atoms with Gasteiger partial charge < -0.3 is 10.1 Å². The summed E-state index contributed by atoms with van der Waals surface area (Å²) in [6.45, 7) is 0.465. The number of nitrogens with zero attached hydrogens (tertiary/aromatic N) is 1. The van der Waals surface area contributed by atoms with Crippen LogP contribution >= 0.6 is 11.6 Å². The smallest absolute Gasteiger partial charge is 0.228 e.